The molecule has 0 radical (unpaired) electrons. The lowest BCUT2D eigenvalue weighted by atomic mass is 10.0. The lowest BCUT2D eigenvalue weighted by molar-refractivity contribution is -0.119. The number of nitrogens with zero attached hydrogens (tertiary/aromatic N) is 1. The minimum absolute atomic E-state index is 0.202. The second-order valence-electron chi connectivity index (χ2n) is 6.01. The standard InChI is InChI=1S/C17H19FN2O4S/c1-11(21)19-9-14-10-20(17(22)24-14)13-2-3-15(16(18)8-13)12-4-6-25(23)7-5-12/h2-4,8,14H,5-7,9-10H2,1H3,(H,19,21)/t14?,25-/m1/s1. The molecular formula is C17H19FN2O4S. The van der Waals surface area contributed by atoms with Gasteiger partial charge in [-0.25, -0.2) is 9.18 Å². The number of rotatable bonds is 4. The summed E-state index contributed by atoms with van der Waals surface area (Å²) < 4.78 is 31.1. The summed E-state index contributed by atoms with van der Waals surface area (Å²) in [5.41, 5.74) is 1.73. The maximum atomic E-state index is 14.5. The average molecular weight is 366 g/mol. The van der Waals surface area contributed by atoms with Gasteiger partial charge in [-0.3, -0.25) is 13.9 Å². The van der Waals surface area contributed by atoms with Gasteiger partial charge in [0.25, 0.3) is 0 Å². The van der Waals surface area contributed by atoms with Crippen LogP contribution in [0.1, 0.15) is 18.9 Å². The van der Waals surface area contributed by atoms with Gasteiger partial charge in [-0.2, -0.15) is 0 Å². The monoisotopic (exact) mass is 366 g/mol. The van der Waals surface area contributed by atoms with Gasteiger partial charge in [0.05, 0.1) is 18.8 Å². The maximum Gasteiger partial charge on any atom is 0.414 e. The molecule has 1 fully saturated rings. The van der Waals surface area contributed by atoms with Crippen LogP contribution in [0.15, 0.2) is 24.3 Å². The van der Waals surface area contributed by atoms with E-state index in [0.717, 1.165) is 5.57 Å². The van der Waals surface area contributed by atoms with E-state index in [0.29, 0.717) is 29.2 Å². The van der Waals surface area contributed by atoms with E-state index in [-0.39, 0.29) is 19.0 Å². The van der Waals surface area contributed by atoms with Crippen LogP contribution in [0.3, 0.4) is 0 Å². The van der Waals surface area contributed by atoms with E-state index < -0.39 is 28.8 Å². The van der Waals surface area contributed by atoms with Crippen molar-refractivity contribution < 1.29 is 22.9 Å². The number of allylic oxidation sites excluding steroid dienone is 1. The predicted molar refractivity (Wildman–Crippen MR) is 93.2 cm³/mol. The number of hydrogen-bond donors (Lipinski definition) is 1. The highest BCUT2D eigenvalue weighted by Gasteiger charge is 2.32. The Morgan fingerprint density at radius 3 is 2.92 bits per heavy atom. The summed E-state index contributed by atoms with van der Waals surface area (Å²) in [7, 11) is -0.860. The molecule has 0 spiro atoms. The minimum Gasteiger partial charge on any atom is -0.442 e. The Labute approximate surface area is 147 Å². The fourth-order valence-corrected chi connectivity index (χ4v) is 3.88. The van der Waals surface area contributed by atoms with Gasteiger partial charge in [-0.15, -0.1) is 0 Å². The molecule has 1 unspecified atom stereocenters. The maximum absolute atomic E-state index is 14.5. The van der Waals surface area contributed by atoms with Gasteiger partial charge in [0.2, 0.25) is 5.91 Å². The molecule has 0 saturated carbocycles. The van der Waals surface area contributed by atoms with Crippen molar-refractivity contribution in [1.82, 2.24) is 5.32 Å². The molecule has 2 aliphatic heterocycles. The molecule has 8 heteroatoms. The Morgan fingerprint density at radius 1 is 1.48 bits per heavy atom. The van der Waals surface area contributed by atoms with E-state index in [1.807, 2.05) is 6.08 Å². The van der Waals surface area contributed by atoms with Crippen LogP contribution in [0, 0.1) is 5.82 Å². The largest absolute Gasteiger partial charge is 0.442 e. The molecule has 134 valence electrons. The fourth-order valence-electron chi connectivity index (χ4n) is 2.88. The van der Waals surface area contributed by atoms with E-state index in [1.54, 1.807) is 12.1 Å². The summed E-state index contributed by atoms with van der Waals surface area (Å²) in [4.78, 5) is 24.3. The number of hydrogen-bond acceptors (Lipinski definition) is 4. The van der Waals surface area contributed by atoms with Crippen LogP contribution >= 0.6 is 0 Å². The van der Waals surface area contributed by atoms with Crippen molar-refractivity contribution in [3.05, 3.63) is 35.7 Å². The molecule has 0 bridgehead atoms. The van der Waals surface area contributed by atoms with Crippen molar-refractivity contribution in [1.29, 1.82) is 0 Å². The zero-order chi connectivity index (χ0) is 18.0. The Morgan fingerprint density at radius 2 is 2.28 bits per heavy atom. The van der Waals surface area contributed by atoms with E-state index in [4.69, 9.17) is 4.74 Å². The molecule has 2 amide bonds. The molecule has 1 aromatic rings. The number of anilines is 1. The third-order valence-electron chi connectivity index (χ3n) is 4.18. The number of carbonyl (C=O) groups is 2. The first kappa shape index (κ1) is 17.6. The number of benzene rings is 1. The van der Waals surface area contributed by atoms with Crippen molar-refractivity contribution in [2.24, 2.45) is 0 Å². The smallest absolute Gasteiger partial charge is 0.414 e. The molecule has 3 rings (SSSR count). The van der Waals surface area contributed by atoms with Gasteiger partial charge >= 0.3 is 6.09 Å². The normalized spacial score (nSPS) is 23.2. The van der Waals surface area contributed by atoms with Crippen molar-refractivity contribution in [2.75, 3.05) is 29.5 Å². The molecule has 2 heterocycles. The first-order chi connectivity index (χ1) is 11.9. The highest BCUT2D eigenvalue weighted by Crippen LogP contribution is 2.29. The summed E-state index contributed by atoms with van der Waals surface area (Å²) in [5.74, 6) is 0.358. The van der Waals surface area contributed by atoms with Crippen LogP contribution in [-0.2, 0) is 20.3 Å². The van der Waals surface area contributed by atoms with Gasteiger partial charge in [0, 0.05) is 34.8 Å². The molecule has 2 aliphatic rings. The average Bonchev–Trinajstić information content (AvgIpc) is 2.95. The van der Waals surface area contributed by atoms with Crippen molar-refractivity contribution in [3.63, 3.8) is 0 Å². The number of cyclic esters (lactones) is 1. The number of carbonyl (C=O) groups excluding carboxylic acids is 2. The molecule has 0 aromatic heterocycles. The number of ether oxygens (including phenoxy) is 1. The third kappa shape index (κ3) is 4.07. The number of amides is 2. The molecular weight excluding hydrogens is 347 g/mol. The Balaban J connectivity index is 1.73. The Hall–Kier alpha value is -2.22. The van der Waals surface area contributed by atoms with Crippen LogP contribution in [0.25, 0.3) is 5.57 Å². The summed E-state index contributed by atoms with van der Waals surface area (Å²) >= 11 is 0. The van der Waals surface area contributed by atoms with Crippen molar-refractivity contribution in [2.45, 2.75) is 19.4 Å². The zero-order valence-electron chi connectivity index (χ0n) is 13.8. The number of halogens is 1. The molecule has 6 nitrogen and oxygen atoms in total. The first-order valence-electron chi connectivity index (χ1n) is 8.00. The molecule has 1 saturated heterocycles. The van der Waals surface area contributed by atoms with Gasteiger partial charge in [0.1, 0.15) is 11.9 Å². The van der Waals surface area contributed by atoms with E-state index in [2.05, 4.69) is 5.32 Å². The summed E-state index contributed by atoms with van der Waals surface area (Å²) in [5, 5.41) is 2.60. The van der Waals surface area contributed by atoms with Crippen LogP contribution < -0.4 is 10.2 Å². The molecule has 0 aliphatic carbocycles. The van der Waals surface area contributed by atoms with E-state index >= 15 is 0 Å². The molecule has 2 atom stereocenters. The lowest BCUT2D eigenvalue weighted by Crippen LogP contribution is -2.33. The molecule has 1 N–H and O–H groups in total. The second-order valence-corrected chi connectivity index (χ2v) is 7.63. The number of nitrogens with one attached hydrogen (secondary N) is 1. The quantitative estimate of drug-likeness (QED) is 0.882. The lowest BCUT2D eigenvalue weighted by Gasteiger charge is -2.17. The van der Waals surface area contributed by atoms with Crippen LogP contribution in [-0.4, -0.2) is 46.9 Å². The SMILES string of the molecule is CC(=O)NCC1CN(c2ccc(C3=CC[S@@](=O)CC3)c(F)c2)C(=O)O1. The predicted octanol–water partition coefficient (Wildman–Crippen LogP) is 1.82. The minimum atomic E-state index is -0.860. The van der Waals surface area contributed by atoms with Crippen molar-refractivity contribution in [3.8, 4) is 0 Å². The Kier molecular flexibility index (Phi) is 5.17. The third-order valence-corrected chi connectivity index (χ3v) is 5.38. The van der Waals surface area contributed by atoms with E-state index in [1.165, 1.54) is 17.9 Å². The summed E-state index contributed by atoms with van der Waals surface area (Å²) in [6, 6.07) is 4.62. The zero-order valence-corrected chi connectivity index (χ0v) is 14.6. The van der Waals surface area contributed by atoms with Crippen LogP contribution in [0.4, 0.5) is 14.9 Å². The first-order valence-corrected chi connectivity index (χ1v) is 9.49. The highest BCUT2D eigenvalue weighted by atomic mass is 32.2. The highest BCUT2D eigenvalue weighted by molar-refractivity contribution is 7.85. The van der Waals surface area contributed by atoms with Crippen LogP contribution in [0.5, 0.6) is 0 Å². The molecule has 1 aromatic carbocycles. The van der Waals surface area contributed by atoms with Gasteiger partial charge in [-0.1, -0.05) is 6.08 Å². The fraction of sp³-hybridized carbons (Fsp3) is 0.412. The van der Waals surface area contributed by atoms with Gasteiger partial charge < -0.3 is 10.1 Å². The summed E-state index contributed by atoms with van der Waals surface area (Å²) in [6.07, 6.45) is 1.36. The second kappa shape index (κ2) is 7.35. The van der Waals surface area contributed by atoms with Gasteiger partial charge in [-0.05, 0) is 30.2 Å². The molecule has 25 heavy (non-hydrogen) atoms. The Bertz CT molecular complexity index is 765. The summed E-state index contributed by atoms with van der Waals surface area (Å²) in [6.45, 7) is 1.86. The van der Waals surface area contributed by atoms with E-state index in [9.17, 15) is 18.2 Å². The van der Waals surface area contributed by atoms with Crippen molar-refractivity contribution >= 4 is 34.1 Å². The van der Waals surface area contributed by atoms with Gasteiger partial charge in [0.15, 0.2) is 0 Å². The van der Waals surface area contributed by atoms with Crippen LogP contribution in [0.2, 0.25) is 0 Å². The topological polar surface area (TPSA) is 75.7 Å².